The van der Waals surface area contributed by atoms with Crippen molar-refractivity contribution in [2.75, 3.05) is 27.3 Å². The Labute approximate surface area is 535 Å². The molecule has 466 valence electrons. The van der Waals surface area contributed by atoms with Crippen LogP contribution in [0.5, 0.6) is 11.5 Å². The highest BCUT2D eigenvalue weighted by molar-refractivity contribution is 6.30. The molecule has 6 aromatic carbocycles. The zero-order valence-electron chi connectivity index (χ0n) is 50.8. The third-order valence-electron chi connectivity index (χ3n) is 17.9. The van der Waals surface area contributed by atoms with Crippen LogP contribution in [0.1, 0.15) is 145 Å². The first-order chi connectivity index (χ1) is 43.7. The second kappa shape index (κ2) is 29.3. The number of fused-ring (bicyclic) bond motifs is 2. The highest BCUT2D eigenvalue weighted by Crippen LogP contribution is 2.40. The van der Waals surface area contributed by atoms with E-state index >= 15 is 0 Å². The summed E-state index contributed by atoms with van der Waals surface area (Å²) in [7, 11) is 3.06. The van der Waals surface area contributed by atoms with Crippen molar-refractivity contribution in [3.8, 4) is 11.5 Å². The van der Waals surface area contributed by atoms with Gasteiger partial charge in [-0.25, -0.2) is 0 Å². The summed E-state index contributed by atoms with van der Waals surface area (Å²) in [6.45, 7) is 3.04. The van der Waals surface area contributed by atoms with Gasteiger partial charge in [0.25, 0.3) is 11.8 Å². The number of carbonyl (C=O) groups excluding carboxylic acids is 4. The first kappa shape index (κ1) is 62.9. The van der Waals surface area contributed by atoms with E-state index in [0.29, 0.717) is 94.1 Å². The molecule has 2 aromatic heterocycles. The predicted octanol–water partition coefficient (Wildman–Crippen LogP) is 14.7. The molecular weight excluding hydrogens is 1180 g/mol. The smallest absolute Gasteiger partial charge is 0.287 e. The lowest BCUT2D eigenvalue weighted by Crippen LogP contribution is -2.36. The van der Waals surface area contributed by atoms with Gasteiger partial charge in [-0.15, -0.1) is 0 Å². The van der Waals surface area contributed by atoms with Gasteiger partial charge in [-0.2, -0.15) is 0 Å². The zero-order valence-corrected chi connectivity index (χ0v) is 52.3. The summed E-state index contributed by atoms with van der Waals surface area (Å²) in [5.41, 5.74) is 9.87. The van der Waals surface area contributed by atoms with E-state index in [1.807, 2.05) is 58.3 Å². The molecule has 4 amide bonds. The first-order valence-electron chi connectivity index (χ1n) is 31.2. The summed E-state index contributed by atoms with van der Waals surface area (Å²) in [5.74, 6) is 1.47. The number of halogens is 2. The standard InChI is InChI=1S/2C37H37ClN2O5.H2/c2*1-44-30-16-17-34-32(21-30)33(41)22-35(45-34)37(43)39-29(20-25-10-14-28(38)15-11-25)19-24-8-12-26(13-9-24)31-6-3-2-5-27(31)23-40-18-4-7-36(40)42;/h2*2-3,5-6,10-11,14-17,19,21-22,26,29H,4,7-9,12-13,18,20,23H2,1H3,(H,39,43);1H/t2*26?,29-;/m00./s1. The van der Waals surface area contributed by atoms with Gasteiger partial charge in [-0.05, 0) is 183 Å². The number of amides is 4. The molecule has 2 N–H and O–H groups in total. The Kier molecular flexibility index (Phi) is 20.5. The largest absolute Gasteiger partial charge is 0.497 e. The molecule has 16 heteroatoms. The maximum absolute atomic E-state index is 13.5. The van der Waals surface area contributed by atoms with E-state index < -0.39 is 11.8 Å². The molecule has 12 rings (SSSR count). The third-order valence-corrected chi connectivity index (χ3v) is 18.4. The summed E-state index contributed by atoms with van der Waals surface area (Å²) in [4.78, 5) is 81.1. The van der Waals surface area contributed by atoms with Crippen LogP contribution in [0, 0.1) is 0 Å². The van der Waals surface area contributed by atoms with Gasteiger partial charge in [-0.1, -0.05) is 119 Å². The summed E-state index contributed by atoms with van der Waals surface area (Å²) in [6, 6.07) is 44.0. The van der Waals surface area contributed by atoms with Gasteiger partial charge in [0, 0.05) is 62.6 Å². The Morgan fingerprint density at radius 2 is 0.922 bits per heavy atom. The normalized spacial score (nSPS) is 17.4. The van der Waals surface area contributed by atoms with Crippen LogP contribution in [-0.4, -0.2) is 72.8 Å². The van der Waals surface area contributed by atoms with Gasteiger partial charge in [0.1, 0.15) is 22.7 Å². The van der Waals surface area contributed by atoms with E-state index in [0.717, 1.165) is 88.4 Å². The number of hydrogen-bond donors (Lipinski definition) is 2. The number of methoxy groups -OCH3 is 2. The molecule has 0 unspecified atom stereocenters. The van der Waals surface area contributed by atoms with Crippen molar-refractivity contribution in [2.24, 2.45) is 0 Å². The Morgan fingerprint density at radius 3 is 1.29 bits per heavy atom. The van der Waals surface area contributed by atoms with Crippen LogP contribution in [0.2, 0.25) is 10.0 Å². The molecule has 4 heterocycles. The van der Waals surface area contributed by atoms with Gasteiger partial charge < -0.3 is 38.7 Å². The fraction of sp³-hybridized carbons (Fsp3) is 0.324. The predicted molar refractivity (Wildman–Crippen MR) is 354 cm³/mol. The van der Waals surface area contributed by atoms with Gasteiger partial charge >= 0.3 is 0 Å². The summed E-state index contributed by atoms with van der Waals surface area (Å²) in [5, 5.41) is 8.24. The molecule has 0 spiro atoms. The summed E-state index contributed by atoms with van der Waals surface area (Å²) in [6.07, 6.45) is 16.3. The van der Waals surface area contributed by atoms with Crippen molar-refractivity contribution in [1.29, 1.82) is 0 Å². The number of carbonyl (C=O) groups is 4. The Morgan fingerprint density at radius 1 is 0.533 bits per heavy atom. The minimum atomic E-state index is -0.445. The van der Waals surface area contributed by atoms with Crippen molar-refractivity contribution in [2.45, 2.75) is 127 Å². The minimum absolute atomic E-state index is 0. The quantitative estimate of drug-likeness (QED) is 0.0786. The van der Waals surface area contributed by atoms with Gasteiger partial charge in [0.15, 0.2) is 22.4 Å². The second-order valence-corrected chi connectivity index (χ2v) is 24.8. The second-order valence-electron chi connectivity index (χ2n) is 23.9. The molecule has 90 heavy (non-hydrogen) atoms. The van der Waals surface area contributed by atoms with E-state index in [2.05, 4.69) is 71.3 Å². The molecule has 0 bridgehead atoms. The number of nitrogens with one attached hydrogen (secondary N) is 2. The van der Waals surface area contributed by atoms with Crippen molar-refractivity contribution < 1.29 is 38.9 Å². The van der Waals surface area contributed by atoms with Gasteiger partial charge in [-0.3, -0.25) is 28.8 Å². The van der Waals surface area contributed by atoms with Crippen LogP contribution in [0.15, 0.2) is 187 Å². The van der Waals surface area contributed by atoms with Crippen molar-refractivity contribution in [3.05, 3.63) is 244 Å². The lowest BCUT2D eigenvalue weighted by molar-refractivity contribution is -0.129. The number of likely N-dealkylation sites (tertiary alicyclic amines) is 2. The van der Waals surface area contributed by atoms with E-state index in [-0.39, 0.29) is 47.7 Å². The highest BCUT2D eigenvalue weighted by atomic mass is 35.5. The average Bonchev–Trinajstić information content (AvgIpc) is 2.02. The number of allylic oxidation sites excluding steroid dienone is 2. The fourth-order valence-electron chi connectivity index (χ4n) is 13.1. The summed E-state index contributed by atoms with van der Waals surface area (Å²) >= 11 is 12.3. The topological polar surface area (TPSA) is 178 Å². The maximum Gasteiger partial charge on any atom is 0.287 e. The van der Waals surface area contributed by atoms with Crippen molar-refractivity contribution in [3.63, 3.8) is 0 Å². The number of benzene rings is 6. The average molecular weight is 1250 g/mol. The number of ether oxygens (including phenoxy) is 2. The van der Waals surface area contributed by atoms with Gasteiger partial charge in [0.2, 0.25) is 11.8 Å². The number of rotatable bonds is 18. The van der Waals surface area contributed by atoms with Crippen molar-refractivity contribution >= 4 is 68.8 Å². The highest BCUT2D eigenvalue weighted by Gasteiger charge is 2.28. The third kappa shape index (κ3) is 15.8. The number of hydrogen-bond acceptors (Lipinski definition) is 10. The number of nitrogens with zero attached hydrogens (tertiary/aromatic N) is 2. The van der Waals surface area contributed by atoms with Crippen LogP contribution in [0.4, 0.5) is 0 Å². The van der Waals surface area contributed by atoms with E-state index in [9.17, 15) is 28.8 Å². The molecule has 2 atom stereocenters. The summed E-state index contributed by atoms with van der Waals surface area (Å²) < 4.78 is 22.2. The monoisotopic (exact) mass is 1250 g/mol. The van der Waals surface area contributed by atoms with E-state index in [4.69, 9.17) is 41.5 Å². The molecule has 2 aliphatic heterocycles. The molecule has 2 saturated carbocycles. The molecule has 2 aliphatic carbocycles. The maximum atomic E-state index is 13.5. The molecular formula is C74H76Cl2N4O10. The van der Waals surface area contributed by atoms with E-state index in [1.165, 1.54) is 59.8 Å². The van der Waals surface area contributed by atoms with Crippen LogP contribution >= 0.6 is 23.2 Å². The first-order valence-corrected chi connectivity index (χ1v) is 31.9. The molecule has 4 aliphatic rings. The fourth-order valence-corrected chi connectivity index (χ4v) is 13.3. The van der Waals surface area contributed by atoms with Crippen LogP contribution < -0.4 is 31.0 Å². The molecule has 8 aromatic rings. The lowest BCUT2D eigenvalue weighted by atomic mass is 9.79. The Bertz CT molecular complexity index is 3840. The molecule has 0 radical (unpaired) electrons. The zero-order chi connectivity index (χ0) is 62.7. The Hall–Kier alpha value is -8.72. The lowest BCUT2D eigenvalue weighted by Gasteiger charge is -2.28. The van der Waals surface area contributed by atoms with Crippen LogP contribution in [0.25, 0.3) is 21.9 Å². The van der Waals surface area contributed by atoms with Crippen LogP contribution in [-0.2, 0) is 35.5 Å². The van der Waals surface area contributed by atoms with E-state index in [1.54, 1.807) is 36.4 Å². The Balaban J connectivity index is 0.000000198. The molecule has 2 saturated heterocycles. The minimum Gasteiger partial charge on any atom is -0.497 e. The van der Waals surface area contributed by atoms with Crippen molar-refractivity contribution in [1.82, 2.24) is 20.4 Å². The van der Waals surface area contributed by atoms with Crippen LogP contribution in [0.3, 0.4) is 0 Å². The molecule has 14 nitrogen and oxygen atoms in total. The SMILES string of the molecule is COc1ccc2oc(C(=O)N[C@@H](C=C3CCC(c4ccccc4CN4CCCC4=O)CC3)Cc3ccc(Cl)cc3)cc(=O)c2c1.COc1ccc2oc(C(=O)N[C@@H](C=C3CCC(c4ccccc4CN4CCCC4=O)CC3)Cc3ccc(Cl)cc3)cc(=O)c2c1.[HH]. The van der Waals surface area contributed by atoms with Gasteiger partial charge in [0.05, 0.1) is 37.1 Å². The molecule has 4 fully saturated rings.